The number of carbonyl (C=O) groups is 1. The standard InChI is InChI=1S/C14H22N2OS.ClH/c1-4-11-6-8-18-13(11)14(17)16-12-9(2)5-7-15-10(12)3;/h6,8-10,12,15H,4-5,7H2,1-3H3,(H,16,17);1H. The highest BCUT2D eigenvalue weighted by Gasteiger charge is 2.29. The molecule has 5 heteroatoms. The third kappa shape index (κ3) is 3.71. The minimum atomic E-state index is 0. The maximum atomic E-state index is 12.3. The lowest BCUT2D eigenvalue weighted by Gasteiger charge is -2.35. The topological polar surface area (TPSA) is 41.1 Å². The van der Waals surface area contributed by atoms with Gasteiger partial charge in [-0.25, -0.2) is 0 Å². The molecule has 1 aromatic heterocycles. The van der Waals surface area contributed by atoms with Gasteiger partial charge in [-0.05, 0) is 49.2 Å². The summed E-state index contributed by atoms with van der Waals surface area (Å²) in [6.07, 6.45) is 2.04. The van der Waals surface area contributed by atoms with Gasteiger partial charge in [0.25, 0.3) is 5.91 Å². The van der Waals surface area contributed by atoms with Gasteiger partial charge in [-0.15, -0.1) is 23.7 Å². The fraction of sp³-hybridized carbons (Fsp3) is 0.643. The number of hydrogen-bond acceptors (Lipinski definition) is 3. The highest BCUT2D eigenvalue weighted by atomic mass is 35.5. The van der Waals surface area contributed by atoms with Crippen LogP contribution in [0.1, 0.15) is 42.4 Å². The van der Waals surface area contributed by atoms with E-state index in [4.69, 9.17) is 0 Å². The molecule has 0 aromatic carbocycles. The molecule has 3 unspecified atom stereocenters. The van der Waals surface area contributed by atoms with E-state index >= 15 is 0 Å². The molecule has 3 nitrogen and oxygen atoms in total. The van der Waals surface area contributed by atoms with Crippen molar-refractivity contribution in [3.05, 3.63) is 21.9 Å². The van der Waals surface area contributed by atoms with E-state index in [1.54, 1.807) is 11.3 Å². The van der Waals surface area contributed by atoms with Crippen LogP contribution in [-0.2, 0) is 6.42 Å². The first-order chi connectivity index (χ1) is 8.63. The Kier molecular flexibility index (Phi) is 6.30. The zero-order valence-electron chi connectivity index (χ0n) is 11.7. The van der Waals surface area contributed by atoms with Crippen molar-refractivity contribution in [2.24, 2.45) is 5.92 Å². The van der Waals surface area contributed by atoms with Crippen molar-refractivity contribution in [1.29, 1.82) is 0 Å². The lowest BCUT2D eigenvalue weighted by atomic mass is 9.89. The summed E-state index contributed by atoms with van der Waals surface area (Å²) in [7, 11) is 0. The molecule has 2 N–H and O–H groups in total. The summed E-state index contributed by atoms with van der Waals surface area (Å²) >= 11 is 1.54. The third-order valence-corrected chi connectivity index (χ3v) is 4.80. The average Bonchev–Trinajstić information content (AvgIpc) is 2.82. The minimum absolute atomic E-state index is 0. The van der Waals surface area contributed by atoms with Gasteiger partial charge in [0, 0.05) is 12.1 Å². The Morgan fingerprint density at radius 3 is 2.89 bits per heavy atom. The first-order valence-electron chi connectivity index (χ1n) is 6.74. The SMILES string of the molecule is CCc1ccsc1C(=O)NC1C(C)CCNC1C.Cl. The monoisotopic (exact) mass is 302 g/mol. The quantitative estimate of drug-likeness (QED) is 0.901. The summed E-state index contributed by atoms with van der Waals surface area (Å²) in [5.41, 5.74) is 1.15. The first kappa shape index (κ1) is 16.5. The van der Waals surface area contributed by atoms with Crippen LogP contribution in [0.5, 0.6) is 0 Å². The van der Waals surface area contributed by atoms with Crippen LogP contribution >= 0.6 is 23.7 Å². The molecule has 0 radical (unpaired) electrons. The van der Waals surface area contributed by atoms with Crippen LogP contribution in [0.2, 0.25) is 0 Å². The summed E-state index contributed by atoms with van der Waals surface area (Å²) < 4.78 is 0. The molecule has 2 heterocycles. The van der Waals surface area contributed by atoms with E-state index in [2.05, 4.69) is 31.4 Å². The van der Waals surface area contributed by atoms with Crippen molar-refractivity contribution in [2.75, 3.05) is 6.54 Å². The molecule has 1 amide bonds. The van der Waals surface area contributed by atoms with E-state index in [1.807, 2.05) is 11.4 Å². The fourth-order valence-corrected chi connectivity index (χ4v) is 3.53. The van der Waals surface area contributed by atoms with Crippen molar-refractivity contribution < 1.29 is 4.79 Å². The highest BCUT2D eigenvalue weighted by Crippen LogP contribution is 2.20. The summed E-state index contributed by atoms with van der Waals surface area (Å²) in [6, 6.07) is 2.63. The van der Waals surface area contributed by atoms with Crippen LogP contribution in [0.25, 0.3) is 0 Å². The Balaban J connectivity index is 0.00000180. The summed E-state index contributed by atoms with van der Waals surface area (Å²) in [5, 5.41) is 8.63. The number of aryl methyl sites for hydroxylation is 1. The van der Waals surface area contributed by atoms with Gasteiger partial charge in [-0.2, -0.15) is 0 Å². The number of nitrogens with one attached hydrogen (secondary N) is 2. The zero-order chi connectivity index (χ0) is 13.1. The van der Waals surface area contributed by atoms with Crippen LogP contribution in [-0.4, -0.2) is 24.5 Å². The summed E-state index contributed by atoms with van der Waals surface area (Å²) in [5.74, 6) is 0.629. The summed E-state index contributed by atoms with van der Waals surface area (Å²) in [6.45, 7) is 7.51. The fourth-order valence-electron chi connectivity index (χ4n) is 2.64. The number of hydrogen-bond donors (Lipinski definition) is 2. The van der Waals surface area contributed by atoms with Gasteiger partial charge in [0.2, 0.25) is 0 Å². The maximum absolute atomic E-state index is 12.3. The molecule has 108 valence electrons. The number of thiophene rings is 1. The molecule has 1 fully saturated rings. The van der Waals surface area contributed by atoms with E-state index in [0.717, 1.165) is 29.8 Å². The first-order valence-corrected chi connectivity index (χ1v) is 7.62. The molecule has 0 saturated carbocycles. The number of halogens is 1. The average molecular weight is 303 g/mol. The maximum Gasteiger partial charge on any atom is 0.261 e. The van der Waals surface area contributed by atoms with E-state index in [-0.39, 0.29) is 24.4 Å². The molecular weight excluding hydrogens is 280 g/mol. The van der Waals surface area contributed by atoms with E-state index < -0.39 is 0 Å². The Labute approximate surface area is 125 Å². The number of amides is 1. The van der Waals surface area contributed by atoms with Gasteiger partial charge in [0.05, 0.1) is 4.88 Å². The van der Waals surface area contributed by atoms with Gasteiger partial charge < -0.3 is 10.6 Å². The lowest BCUT2D eigenvalue weighted by Crippen LogP contribution is -2.55. The Morgan fingerprint density at radius 1 is 1.53 bits per heavy atom. The lowest BCUT2D eigenvalue weighted by molar-refractivity contribution is 0.0901. The molecule has 1 aliphatic rings. The van der Waals surface area contributed by atoms with Gasteiger partial charge in [-0.1, -0.05) is 13.8 Å². The second kappa shape index (κ2) is 7.27. The van der Waals surface area contributed by atoms with Crippen molar-refractivity contribution in [1.82, 2.24) is 10.6 Å². The molecule has 1 aliphatic heterocycles. The number of piperidine rings is 1. The van der Waals surface area contributed by atoms with Crippen molar-refractivity contribution in [2.45, 2.75) is 45.7 Å². The highest BCUT2D eigenvalue weighted by molar-refractivity contribution is 7.12. The smallest absolute Gasteiger partial charge is 0.261 e. The largest absolute Gasteiger partial charge is 0.347 e. The van der Waals surface area contributed by atoms with Crippen LogP contribution in [0.15, 0.2) is 11.4 Å². The molecule has 0 spiro atoms. The predicted octanol–water partition coefficient (Wildman–Crippen LogP) is 2.85. The van der Waals surface area contributed by atoms with E-state index in [9.17, 15) is 4.79 Å². The Bertz CT molecular complexity index is 411. The van der Waals surface area contributed by atoms with Gasteiger partial charge >= 0.3 is 0 Å². The second-order valence-corrected chi connectivity index (χ2v) is 6.05. The molecular formula is C14H23ClN2OS. The Morgan fingerprint density at radius 2 is 2.26 bits per heavy atom. The molecule has 19 heavy (non-hydrogen) atoms. The normalized spacial score (nSPS) is 26.6. The molecule has 0 bridgehead atoms. The molecule has 2 rings (SSSR count). The number of carbonyl (C=O) groups excluding carboxylic acids is 1. The zero-order valence-corrected chi connectivity index (χ0v) is 13.4. The van der Waals surface area contributed by atoms with Gasteiger partial charge in [0.15, 0.2) is 0 Å². The summed E-state index contributed by atoms with van der Waals surface area (Å²) in [4.78, 5) is 13.2. The van der Waals surface area contributed by atoms with Gasteiger partial charge in [-0.3, -0.25) is 4.79 Å². The third-order valence-electron chi connectivity index (χ3n) is 3.85. The minimum Gasteiger partial charge on any atom is -0.347 e. The van der Waals surface area contributed by atoms with Crippen LogP contribution in [0.4, 0.5) is 0 Å². The van der Waals surface area contributed by atoms with Crippen molar-refractivity contribution >= 4 is 29.7 Å². The number of rotatable bonds is 3. The van der Waals surface area contributed by atoms with Crippen LogP contribution < -0.4 is 10.6 Å². The molecule has 3 atom stereocenters. The van der Waals surface area contributed by atoms with E-state index in [1.165, 1.54) is 0 Å². The van der Waals surface area contributed by atoms with Crippen LogP contribution in [0, 0.1) is 5.92 Å². The second-order valence-electron chi connectivity index (χ2n) is 5.14. The molecule has 0 aliphatic carbocycles. The Hall–Kier alpha value is -0.580. The molecule has 1 saturated heterocycles. The molecule has 1 aromatic rings. The predicted molar refractivity (Wildman–Crippen MR) is 83.4 cm³/mol. The van der Waals surface area contributed by atoms with E-state index in [0.29, 0.717) is 12.0 Å². The van der Waals surface area contributed by atoms with Gasteiger partial charge in [0.1, 0.15) is 0 Å². The van der Waals surface area contributed by atoms with Crippen molar-refractivity contribution in [3.63, 3.8) is 0 Å². The van der Waals surface area contributed by atoms with Crippen LogP contribution in [0.3, 0.4) is 0 Å². The van der Waals surface area contributed by atoms with Crippen molar-refractivity contribution in [3.8, 4) is 0 Å².